The molecule has 0 unspecified atom stereocenters. The van der Waals surface area contributed by atoms with E-state index < -0.39 is 0 Å². The molecule has 0 saturated carbocycles. The third-order valence-corrected chi connectivity index (χ3v) is 3.97. The van der Waals surface area contributed by atoms with Gasteiger partial charge in [0.15, 0.2) is 11.5 Å². The van der Waals surface area contributed by atoms with Gasteiger partial charge in [-0.05, 0) is 54.8 Å². The molecule has 0 fully saturated rings. The van der Waals surface area contributed by atoms with Gasteiger partial charge in [0.25, 0.3) is 0 Å². The molecule has 0 saturated heterocycles. The molecule has 0 aliphatic heterocycles. The Balaban J connectivity index is 1.71. The van der Waals surface area contributed by atoms with Gasteiger partial charge in [-0.15, -0.1) is 0 Å². The highest BCUT2D eigenvalue weighted by Gasteiger charge is 2.07. The predicted molar refractivity (Wildman–Crippen MR) is 86.6 cm³/mol. The Morgan fingerprint density at radius 2 is 1.95 bits per heavy atom. The smallest absolute Gasteiger partial charge is 0.173 e. The van der Waals surface area contributed by atoms with Crippen LogP contribution in [0.3, 0.4) is 0 Å². The summed E-state index contributed by atoms with van der Waals surface area (Å²) in [7, 11) is 0. The molecule has 5 heteroatoms. The lowest BCUT2D eigenvalue weighted by Gasteiger charge is -2.11. The summed E-state index contributed by atoms with van der Waals surface area (Å²) in [5, 5.41) is 4.12. The van der Waals surface area contributed by atoms with Gasteiger partial charge in [-0.25, -0.2) is 9.37 Å². The maximum Gasteiger partial charge on any atom is 0.173 e. The maximum atomic E-state index is 13.6. The molecule has 0 spiro atoms. The average molecular weight is 318 g/mol. The fraction of sp³-hybridized carbons (Fsp3) is 0.235. The van der Waals surface area contributed by atoms with Gasteiger partial charge in [0.05, 0.1) is 5.69 Å². The molecule has 0 aliphatic rings. The monoisotopic (exact) mass is 317 g/mol. The van der Waals surface area contributed by atoms with Crippen molar-refractivity contribution < 1.29 is 4.39 Å². The zero-order valence-corrected chi connectivity index (χ0v) is 13.3. The second kappa shape index (κ2) is 6.07. The number of hydrogen-bond donors (Lipinski definition) is 1. The average Bonchev–Trinajstić information content (AvgIpc) is 2.86. The summed E-state index contributed by atoms with van der Waals surface area (Å²) in [5.41, 5.74) is 4.74. The number of benzene rings is 1. The van der Waals surface area contributed by atoms with Crippen molar-refractivity contribution in [2.45, 2.75) is 26.9 Å². The van der Waals surface area contributed by atoms with E-state index in [1.807, 2.05) is 18.3 Å². The molecule has 1 N–H and O–H groups in total. The Bertz CT molecular complexity index is 803. The molecule has 0 atom stereocenters. The minimum absolute atomic E-state index is 0.307. The normalized spacial score (nSPS) is 11.3. The van der Waals surface area contributed by atoms with Crippen LogP contribution >= 0.6 is 11.6 Å². The van der Waals surface area contributed by atoms with Crippen LogP contribution in [0.25, 0.3) is 5.65 Å². The highest BCUT2D eigenvalue weighted by molar-refractivity contribution is 6.30. The highest BCUT2D eigenvalue weighted by atomic mass is 35.5. The molecule has 2 heterocycles. The summed E-state index contributed by atoms with van der Waals surface area (Å²) >= 11 is 6.04. The van der Waals surface area contributed by atoms with Crippen LogP contribution < -0.4 is 5.32 Å². The lowest BCUT2D eigenvalue weighted by molar-refractivity contribution is 0.629. The van der Waals surface area contributed by atoms with Crippen LogP contribution in [-0.2, 0) is 13.1 Å². The van der Waals surface area contributed by atoms with Crippen molar-refractivity contribution in [1.29, 1.82) is 0 Å². The van der Waals surface area contributed by atoms with E-state index in [1.165, 1.54) is 22.8 Å². The fourth-order valence-corrected chi connectivity index (χ4v) is 2.98. The molecule has 22 heavy (non-hydrogen) atoms. The summed E-state index contributed by atoms with van der Waals surface area (Å²) in [6, 6.07) is 7.01. The molecule has 0 amide bonds. The number of rotatable bonds is 4. The standard InChI is InChI=1S/C17H17ClFN3/c1-11-6-13(18)7-12(2)15(11)9-20-8-14-10-22-5-3-4-16(19)17(22)21-14/h3-7,10,20H,8-9H2,1-2H3. The number of aromatic nitrogens is 2. The summed E-state index contributed by atoms with van der Waals surface area (Å²) in [6.07, 6.45) is 3.63. The van der Waals surface area contributed by atoms with Gasteiger partial charge in [-0.2, -0.15) is 0 Å². The van der Waals surface area contributed by atoms with Crippen LogP contribution in [0.15, 0.2) is 36.7 Å². The van der Waals surface area contributed by atoms with E-state index in [0.717, 1.165) is 17.3 Å². The Morgan fingerprint density at radius 1 is 1.23 bits per heavy atom. The molecule has 0 aliphatic carbocycles. The van der Waals surface area contributed by atoms with Crippen molar-refractivity contribution in [1.82, 2.24) is 14.7 Å². The van der Waals surface area contributed by atoms with Crippen molar-refractivity contribution in [3.63, 3.8) is 0 Å². The summed E-state index contributed by atoms with van der Waals surface area (Å²) < 4.78 is 15.3. The van der Waals surface area contributed by atoms with Crippen LogP contribution in [0.5, 0.6) is 0 Å². The first-order valence-electron chi connectivity index (χ1n) is 7.13. The largest absolute Gasteiger partial charge is 0.307 e. The molecule has 1 aromatic carbocycles. The SMILES string of the molecule is Cc1cc(Cl)cc(C)c1CNCc1cn2cccc(F)c2n1. The third-order valence-electron chi connectivity index (χ3n) is 3.75. The van der Waals surface area contributed by atoms with E-state index in [2.05, 4.69) is 24.1 Å². The number of fused-ring (bicyclic) bond motifs is 1. The Kier molecular flexibility index (Phi) is 4.14. The van der Waals surface area contributed by atoms with Crippen molar-refractivity contribution >= 4 is 17.2 Å². The number of halogens is 2. The predicted octanol–water partition coefficient (Wildman–Crippen LogP) is 4.03. The maximum absolute atomic E-state index is 13.6. The fourth-order valence-electron chi connectivity index (χ4n) is 2.65. The number of aryl methyl sites for hydroxylation is 2. The Labute approximate surface area is 133 Å². The van der Waals surface area contributed by atoms with E-state index >= 15 is 0 Å². The molecule has 3 nitrogen and oxygen atoms in total. The van der Waals surface area contributed by atoms with Gasteiger partial charge < -0.3 is 9.72 Å². The summed E-state index contributed by atoms with van der Waals surface area (Å²) in [5.74, 6) is -0.307. The van der Waals surface area contributed by atoms with Crippen molar-refractivity contribution in [3.05, 3.63) is 69.9 Å². The summed E-state index contributed by atoms with van der Waals surface area (Å²) in [4.78, 5) is 4.31. The first-order chi connectivity index (χ1) is 10.5. The molecule has 0 radical (unpaired) electrons. The second-order valence-corrected chi connectivity index (χ2v) is 5.88. The minimum Gasteiger partial charge on any atom is -0.307 e. The van der Waals surface area contributed by atoms with Crippen LogP contribution in [0.2, 0.25) is 5.02 Å². The lowest BCUT2D eigenvalue weighted by atomic mass is 10.0. The number of nitrogens with one attached hydrogen (secondary N) is 1. The molecule has 0 bridgehead atoms. The van der Waals surface area contributed by atoms with E-state index in [9.17, 15) is 4.39 Å². The number of nitrogens with zero attached hydrogens (tertiary/aromatic N) is 2. The van der Waals surface area contributed by atoms with E-state index in [4.69, 9.17) is 11.6 Å². The molecule has 2 aromatic heterocycles. The van der Waals surface area contributed by atoms with Crippen LogP contribution in [0, 0.1) is 19.7 Å². The van der Waals surface area contributed by atoms with Crippen molar-refractivity contribution in [3.8, 4) is 0 Å². The lowest BCUT2D eigenvalue weighted by Crippen LogP contribution is -2.14. The molecular weight excluding hydrogens is 301 g/mol. The molecule has 3 aromatic rings. The van der Waals surface area contributed by atoms with Gasteiger partial charge >= 0.3 is 0 Å². The topological polar surface area (TPSA) is 29.3 Å². The number of imidazole rings is 1. The second-order valence-electron chi connectivity index (χ2n) is 5.44. The van der Waals surface area contributed by atoms with E-state index in [-0.39, 0.29) is 5.82 Å². The third kappa shape index (κ3) is 2.98. The Morgan fingerprint density at radius 3 is 2.64 bits per heavy atom. The van der Waals surface area contributed by atoms with Crippen molar-refractivity contribution in [2.75, 3.05) is 0 Å². The van der Waals surface area contributed by atoms with Crippen LogP contribution in [-0.4, -0.2) is 9.38 Å². The van der Waals surface area contributed by atoms with Gasteiger partial charge in [0.1, 0.15) is 0 Å². The highest BCUT2D eigenvalue weighted by Crippen LogP contribution is 2.20. The number of hydrogen-bond acceptors (Lipinski definition) is 2. The van der Waals surface area contributed by atoms with Crippen molar-refractivity contribution in [2.24, 2.45) is 0 Å². The van der Waals surface area contributed by atoms with E-state index in [0.29, 0.717) is 12.2 Å². The number of pyridine rings is 1. The minimum atomic E-state index is -0.307. The first-order valence-corrected chi connectivity index (χ1v) is 7.51. The van der Waals surface area contributed by atoms with E-state index in [1.54, 1.807) is 16.7 Å². The first kappa shape index (κ1) is 15.0. The Hall–Kier alpha value is -1.91. The molecular formula is C17H17ClFN3. The molecule has 3 rings (SSSR count). The van der Waals surface area contributed by atoms with Crippen LogP contribution in [0.4, 0.5) is 4.39 Å². The van der Waals surface area contributed by atoms with Gasteiger partial charge in [0.2, 0.25) is 0 Å². The zero-order chi connectivity index (χ0) is 15.7. The summed E-state index contributed by atoms with van der Waals surface area (Å²) in [6.45, 7) is 5.42. The van der Waals surface area contributed by atoms with Gasteiger partial charge in [-0.1, -0.05) is 11.6 Å². The molecule has 114 valence electrons. The van der Waals surface area contributed by atoms with Crippen LogP contribution in [0.1, 0.15) is 22.4 Å². The van der Waals surface area contributed by atoms with Gasteiger partial charge in [0, 0.05) is 30.5 Å². The van der Waals surface area contributed by atoms with Gasteiger partial charge in [-0.3, -0.25) is 0 Å². The quantitative estimate of drug-likeness (QED) is 0.787. The zero-order valence-electron chi connectivity index (χ0n) is 12.5.